The first kappa shape index (κ1) is 18.8. The van der Waals surface area contributed by atoms with Crippen LogP contribution in [0.5, 0.6) is 0 Å². The molecule has 0 bridgehead atoms. The molecule has 6 aromatic rings. The molecule has 10 nitrogen and oxygen atoms in total. The third-order valence-electron chi connectivity index (χ3n) is 5.62. The van der Waals surface area contributed by atoms with Crippen molar-refractivity contribution < 1.29 is 0 Å². The van der Waals surface area contributed by atoms with Crippen molar-refractivity contribution in [3.05, 3.63) is 75.1 Å². The molecule has 158 valence electrons. The Morgan fingerprint density at radius 2 is 1.25 bits per heavy atom. The number of hydrogen-bond donors (Lipinski definition) is 0. The van der Waals surface area contributed by atoms with Crippen LogP contribution in [0.1, 0.15) is 5.82 Å². The molecule has 0 aliphatic rings. The first-order valence-corrected chi connectivity index (χ1v) is 10.8. The van der Waals surface area contributed by atoms with E-state index in [1.54, 1.807) is 26.2 Å². The molecule has 0 atom stereocenters. The first-order valence-electron chi connectivity index (χ1n) is 9.83. The van der Waals surface area contributed by atoms with E-state index < -0.39 is 0 Å². The van der Waals surface area contributed by atoms with Gasteiger partial charge >= 0.3 is 0 Å². The van der Waals surface area contributed by atoms with Crippen LogP contribution in [0.2, 0.25) is 0 Å². The molecule has 6 rings (SSSR count). The smallest absolute Gasteiger partial charge is 0.262 e. The summed E-state index contributed by atoms with van der Waals surface area (Å²) < 4.78 is 6.76. The van der Waals surface area contributed by atoms with Crippen molar-refractivity contribution in [2.75, 3.05) is 0 Å². The Balaban J connectivity index is 1.51. The van der Waals surface area contributed by atoms with Gasteiger partial charge in [-0.2, -0.15) is 0 Å². The minimum atomic E-state index is -0.118. The maximum absolute atomic E-state index is 12.7. The first-order chi connectivity index (χ1) is 15.6. The Morgan fingerprint density at radius 3 is 1.91 bits per heavy atom. The van der Waals surface area contributed by atoms with Gasteiger partial charge in [-0.1, -0.05) is 36.0 Å². The molecule has 0 aliphatic carbocycles. The molecule has 4 heterocycles. The van der Waals surface area contributed by atoms with Crippen LogP contribution in [0.4, 0.5) is 0 Å². The molecule has 0 spiro atoms. The van der Waals surface area contributed by atoms with Crippen molar-refractivity contribution in [2.45, 2.75) is 10.9 Å². The standard InChI is InChI=1S/C21H16N8O2S/c1-26-17(30)12-7-3-5-9-14(12)28-16(22-23-19(26)28)11-32-21-25-24-20-27(2)18(31)13-8-4-6-10-15(13)29(20)21/h3-10H,11H2,1-2H3. The van der Waals surface area contributed by atoms with Gasteiger partial charge in [0.2, 0.25) is 11.6 Å². The molecule has 0 N–H and O–H groups in total. The Kier molecular flexibility index (Phi) is 3.96. The summed E-state index contributed by atoms with van der Waals surface area (Å²) in [5.41, 5.74) is 1.27. The van der Waals surface area contributed by atoms with Gasteiger partial charge in [0.25, 0.3) is 11.1 Å². The third-order valence-corrected chi connectivity index (χ3v) is 6.54. The van der Waals surface area contributed by atoms with Gasteiger partial charge in [-0.15, -0.1) is 20.4 Å². The summed E-state index contributed by atoms with van der Waals surface area (Å²) in [5.74, 6) is 2.07. The number of aromatic nitrogens is 8. The molecular formula is C21H16N8O2S. The average Bonchev–Trinajstić information content (AvgIpc) is 3.44. The van der Waals surface area contributed by atoms with Crippen molar-refractivity contribution in [1.29, 1.82) is 0 Å². The quantitative estimate of drug-likeness (QED) is 0.383. The Bertz CT molecular complexity index is 1680. The van der Waals surface area contributed by atoms with Gasteiger partial charge in [-0.3, -0.25) is 27.5 Å². The topological polar surface area (TPSA) is 104 Å². The monoisotopic (exact) mass is 444 g/mol. The molecule has 0 aliphatic heterocycles. The highest BCUT2D eigenvalue weighted by molar-refractivity contribution is 7.98. The van der Waals surface area contributed by atoms with Crippen LogP contribution in [-0.2, 0) is 19.8 Å². The van der Waals surface area contributed by atoms with E-state index in [4.69, 9.17) is 0 Å². The number of benzene rings is 2. The summed E-state index contributed by atoms with van der Waals surface area (Å²) in [6.45, 7) is 0. The molecule has 11 heteroatoms. The lowest BCUT2D eigenvalue weighted by atomic mass is 10.2. The predicted octanol–water partition coefficient (Wildman–Crippen LogP) is 1.77. The van der Waals surface area contributed by atoms with Gasteiger partial charge in [-0.25, -0.2) is 0 Å². The summed E-state index contributed by atoms with van der Waals surface area (Å²) in [7, 11) is 3.38. The minimum absolute atomic E-state index is 0.115. The SMILES string of the molecule is Cn1c(=O)c2ccccc2n2c(CSc3nnc4n(C)c(=O)c5ccccc5n34)nnc12. The maximum atomic E-state index is 12.7. The van der Waals surface area contributed by atoms with E-state index in [0.29, 0.717) is 39.1 Å². The number of fused-ring (bicyclic) bond motifs is 6. The van der Waals surface area contributed by atoms with Crippen LogP contribution in [0.15, 0.2) is 63.3 Å². The van der Waals surface area contributed by atoms with Gasteiger partial charge in [0.1, 0.15) is 5.82 Å². The van der Waals surface area contributed by atoms with Gasteiger partial charge in [-0.05, 0) is 24.3 Å². The molecule has 2 aromatic carbocycles. The van der Waals surface area contributed by atoms with Crippen LogP contribution in [0, 0.1) is 0 Å². The second-order valence-electron chi connectivity index (χ2n) is 7.42. The largest absolute Gasteiger partial charge is 0.279 e. The van der Waals surface area contributed by atoms with Gasteiger partial charge in [0.05, 0.1) is 27.6 Å². The molecule has 0 saturated heterocycles. The molecule has 0 unspecified atom stereocenters. The summed E-state index contributed by atoms with van der Waals surface area (Å²) in [4.78, 5) is 25.3. The number of rotatable bonds is 3. The number of thioether (sulfide) groups is 1. The number of nitrogens with zero attached hydrogens (tertiary/aromatic N) is 8. The fraction of sp³-hybridized carbons (Fsp3) is 0.143. The highest BCUT2D eigenvalue weighted by Crippen LogP contribution is 2.25. The predicted molar refractivity (Wildman–Crippen MR) is 121 cm³/mol. The third kappa shape index (κ3) is 2.48. The molecule has 0 fully saturated rings. The number of hydrogen-bond acceptors (Lipinski definition) is 7. The summed E-state index contributed by atoms with van der Waals surface area (Å²) >= 11 is 1.44. The zero-order valence-corrected chi connectivity index (χ0v) is 17.9. The lowest BCUT2D eigenvalue weighted by Gasteiger charge is -2.08. The summed E-state index contributed by atoms with van der Waals surface area (Å²) in [5, 5.41) is 19.0. The molecule has 0 radical (unpaired) electrons. The molecule has 32 heavy (non-hydrogen) atoms. The minimum Gasteiger partial charge on any atom is -0.279 e. The Hall–Kier alpha value is -3.99. The number of aryl methyl sites for hydroxylation is 2. The van der Waals surface area contributed by atoms with Crippen molar-refractivity contribution in [1.82, 2.24) is 38.3 Å². The normalized spacial score (nSPS) is 11.9. The van der Waals surface area contributed by atoms with Crippen molar-refractivity contribution in [3.8, 4) is 0 Å². The van der Waals surface area contributed by atoms with Crippen LogP contribution in [0.3, 0.4) is 0 Å². The zero-order valence-electron chi connectivity index (χ0n) is 17.1. The Labute approximate surface area is 183 Å². The highest BCUT2D eigenvalue weighted by Gasteiger charge is 2.18. The van der Waals surface area contributed by atoms with E-state index in [9.17, 15) is 9.59 Å². The zero-order chi connectivity index (χ0) is 22.0. The Morgan fingerprint density at radius 1 is 0.719 bits per heavy atom. The fourth-order valence-electron chi connectivity index (χ4n) is 4.02. The van der Waals surface area contributed by atoms with Crippen LogP contribution < -0.4 is 11.1 Å². The fourth-order valence-corrected chi connectivity index (χ4v) is 4.87. The lowest BCUT2D eigenvalue weighted by molar-refractivity contribution is 0.853. The highest BCUT2D eigenvalue weighted by atomic mass is 32.2. The van der Waals surface area contributed by atoms with E-state index in [0.717, 1.165) is 11.0 Å². The van der Waals surface area contributed by atoms with E-state index >= 15 is 0 Å². The van der Waals surface area contributed by atoms with Gasteiger partial charge in [0, 0.05) is 14.1 Å². The van der Waals surface area contributed by atoms with E-state index in [1.165, 1.54) is 20.9 Å². The molecule has 4 aromatic heterocycles. The van der Waals surface area contributed by atoms with Crippen molar-refractivity contribution >= 4 is 45.1 Å². The van der Waals surface area contributed by atoms with Gasteiger partial charge in [0.15, 0.2) is 5.16 Å². The number of para-hydroxylation sites is 2. The maximum Gasteiger partial charge on any atom is 0.262 e. The second-order valence-corrected chi connectivity index (χ2v) is 8.36. The summed E-state index contributed by atoms with van der Waals surface area (Å²) in [6.07, 6.45) is 0. The van der Waals surface area contributed by atoms with E-state index in [-0.39, 0.29) is 11.1 Å². The summed E-state index contributed by atoms with van der Waals surface area (Å²) in [6, 6.07) is 14.8. The molecule has 0 amide bonds. The van der Waals surface area contributed by atoms with Crippen molar-refractivity contribution in [3.63, 3.8) is 0 Å². The molecule has 0 saturated carbocycles. The van der Waals surface area contributed by atoms with E-state index in [1.807, 2.05) is 45.2 Å². The van der Waals surface area contributed by atoms with Gasteiger partial charge < -0.3 is 0 Å². The molecular weight excluding hydrogens is 428 g/mol. The van der Waals surface area contributed by atoms with Crippen LogP contribution in [-0.4, -0.2) is 38.3 Å². The van der Waals surface area contributed by atoms with Crippen LogP contribution >= 0.6 is 11.8 Å². The average molecular weight is 444 g/mol. The second kappa shape index (κ2) is 6.76. The van der Waals surface area contributed by atoms with Crippen molar-refractivity contribution in [2.24, 2.45) is 14.1 Å². The van der Waals surface area contributed by atoms with Crippen LogP contribution in [0.25, 0.3) is 33.4 Å². The lowest BCUT2D eigenvalue weighted by Crippen LogP contribution is -2.20. The van der Waals surface area contributed by atoms with E-state index in [2.05, 4.69) is 20.4 Å².